The molecule has 0 heterocycles. The van der Waals surface area contributed by atoms with Gasteiger partial charge >= 0.3 is 10.1 Å². The molecule has 0 fully saturated rings. The molecule has 0 saturated heterocycles. The fourth-order valence-corrected chi connectivity index (χ4v) is 4.44. The fourth-order valence-electron chi connectivity index (χ4n) is 3.18. The van der Waals surface area contributed by atoms with E-state index in [-0.39, 0.29) is 28.0 Å². The van der Waals surface area contributed by atoms with E-state index in [1.165, 1.54) is 43.7 Å². The van der Waals surface area contributed by atoms with E-state index in [1.54, 1.807) is 37.3 Å². The van der Waals surface area contributed by atoms with Gasteiger partial charge in [0.2, 0.25) is 5.75 Å². The molecule has 38 heavy (non-hydrogen) atoms. The predicted octanol–water partition coefficient (Wildman–Crippen LogP) is 5.15. The molecular weight excluding hydrogens is 532 g/mol. The van der Waals surface area contributed by atoms with Gasteiger partial charge in [-0.25, -0.2) is 5.43 Å². The van der Waals surface area contributed by atoms with Gasteiger partial charge in [0.15, 0.2) is 17.2 Å². The molecule has 1 N–H and O–H groups in total. The van der Waals surface area contributed by atoms with Crippen molar-refractivity contribution in [1.29, 1.82) is 0 Å². The Balaban J connectivity index is 1.78. The largest absolute Gasteiger partial charge is 0.493 e. The van der Waals surface area contributed by atoms with Crippen LogP contribution in [0.15, 0.2) is 77.2 Å². The van der Waals surface area contributed by atoms with Crippen LogP contribution in [-0.4, -0.2) is 40.9 Å². The van der Waals surface area contributed by atoms with Gasteiger partial charge in [0.25, 0.3) is 5.91 Å². The van der Waals surface area contributed by atoms with Crippen molar-refractivity contribution in [2.45, 2.75) is 18.7 Å². The molecule has 0 aromatic heterocycles. The standard InChI is InChI=1S/C27H27ClN2O7S/c1-5-13-36-23-12-9-20(16-24(23)34-4)27(31)30-29-17-19-14-22(28)26(25(15-19)35-6-2)37-38(32,33)21-10-7-18(3)8-11-21/h5,7-12,14-17H,1,6,13H2,2-4H3,(H,30,31)/b29-17+. The lowest BCUT2D eigenvalue weighted by atomic mass is 10.2. The SMILES string of the molecule is C=CCOc1ccc(C(=O)N/N=C/c2cc(Cl)c(OS(=O)(=O)c3ccc(C)cc3)c(OCC)c2)cc1OC. The number of ether oxygens (including phenoxy) is 3. The number of carbonyl (C=O) groups is 1. The van der Waals surface area contributed by atoms with Crippen LogP contribution in [-0.2, 0) is 10.1 Å². The van der Waals surface area contributed by atoms with Gasteiger partial charge in [-0.3, -0.25) is 4.79 Å². The van der Waals surface area contributed by atoms with Gasteiger partial charge in [0.1, 0.15) is 11.5 Å². The molecule has 0 radical (unpaired) electrons. The molecule has 0 atom stereocenters. The van der Waals surface area contributed by atoms with Crippen LogP contribution in [0.3, 0.4) is 0 Å². The van der Waals surface area contributed by atoms with E-state index in [2.05, 4.69) is 17.1 Å². The molecule has 200 valence electrons. The fraction of sp³-hybridized carbons (Fsp3) is 0.185. The highest BCUT2D eigenvalue weighted by Gasteiger charge is 2.22. The zero-order valence-electron chi connectivity index (χ0n) is 21.1. The molecule has 11 heteroatoms. The van der Waals surface area contributed by atoms with Crippen LogP contribution < -0.4 is 23.8 Å². The summed E-state index contributed by atoms with van der Waals surface area (Å²) in [6, 6.07) is 13.9. The molecule has 0 aliphatic rings. The van der Waals surface area contributed by atoms with Gasteiger partial charge in [0, 0.05) is 5.56 Å². The Morgan fingerprint density at radius 2 is 1.79 bits per heavy atom. The van der Waals surface area contributed by atoms with Crippen LogP contribution in [0.1, 0.15) is 28.4 Å². The first-order valence-corrected chi connectivity index (χ1v) is 13.2. The van der Waals surface area contributed by atoms with Crippen LogP contribution in [0, 0.1) is 6.92 Å². The van der Waals surface area contributed by atoms with Crippen molar-refractivity contribution in [2.75, 3.05) is 20.3 Å². The summed E-state index contributed by atoms with van der Waals surface area (Å²) < 4.78 is 47.2. The van der Waals surface area contributed by atoms with Crippen LogP contribution in [0.4, 0.5) is 0 Å². The molecule has 9 nitrogen and oxygen atoms in total. The molecular formula is C27H27ClN2O7S. The second kappa shape index (κ2) is 13.0. The van der Waals surface area contributed by atoms with Crippen LogP contribution in [0.5, 0.6) is 23.0 Å². The van der Waals surface area contributed by atoms with Crippen LogP contribution >= 0.6 is 11.6 Å². The molecule has 0 spiro atoms. The molecule has 0 aliphatic carbocycles. The number of nitrogens with one attached hydrogen (secondary N) is 1. The highest BCUT2D eigenvalue weighted by Crippen LogP contribution is 2.38. The number of halogens is 1. The second-order valence-corrected chi connectivity index (χ2v) is 9.73. The number of methoxy groups -OCH3 is 1. The topological polar surface area (TPSA) is 113 Å². The van der Waals surface area contributed by atoms with Gasteiger partial charge in [0.05, 0.1) is 25.0 Å². The molecule has 0 aliphatic heterocycles. The Morgan fingerprint density at radius 3 is 2.45 bits per heavy atom. The predicted molar refractivity (Wildman–Crippen MR) is 145 cm³/mol. The third-order valence-electron chi connectivity index (χ3n) is 5.00. The summed E-state index contributed by atoms with van der Waals surface area (Å²) in [5.41, 5.74) is 4.05. The van der Waals surface area contributed by atoms with Gasteiger partial charge in [-0.2, -0.15) is 13.5 Å². The number of nitrogens with zero attached hydrogens (tertiary/aromatic N) is 1. The maximum Gasteiger partial charge on any atom is 0.339 e. The van der Waals surface area contributed by atoms with Crippen molar-refractivity contribution in [1.82, 2.24) is 5.43 Å². The Labute approximate surface area is 226 Å². The van der Waals surface area contributed by atoms with Crippen LogP contribution in [0.2, 0.25) is 5.02 Å². The third kappa shape index (κ3) is 7.27. The van der Waals surface area contributed by atoms with Crippen molar-refractivity contribution in [3.8, 4) is 23.0 Å². The van der Waals surface area contributed by atoms with E-state index in [4.69, 9.17) is 30.0 Å². The zero-order chi connectivity index (χ0) is 27.7. The Kier molecular flexibility index (Phi) is 9.75. The summed E-state index contributed by atoms with van der Waals surface area (Å²) in [5, 5.41) is 3.95. The van der Waals surface area contributed by atoms with Crippen LogP contribution in [0.25, 0.3) is 0 Å². The van der Waals surface area contributed by atoms with Crippen molar-refractivity contribution < 1.29 is 31.6 Å². The maximum absolute atomic E-state index is 12.8. The second-order valence-electron chi connectivity index (χ2n) is 7.78. The van der Waals surface area contributed by atoms with Crippen molar-refractivity contribution in [2.24, 2.45) is 5.10 Å². The molecule has 0 bridgehead atoms. The minimum absolute atomic E-state index is 0.0146. The Morgan fingerprint density at radius 1 is 1.05 bits per heavy atom. The van der Waals surface area contributed by atoms with E-state index in [0.717, 1.165) is 5.56 Å². The Hall–Kier alpha value is -4.02. The maximum atomic E-state index is 12.8. The molecule has 3 aromatic rings. The minimum Gasteiger partial charge on any atom is -0.493 e. The molecule has 3 aromatic carbocycles. The lowest BCUT2D eigenvalue weighted by Crippen LogP contribution is -2.17. The van der Waals surface area contributed by atoms with E-state index in [1.807, 2.05) is 6.92 Å². The molecule has 1 amide bonds. The molecule has 0 saturated carbocycles. The van der Waals surface area contributed by atoms with Gasteiger partial charge < -0.3 is 18.4 Å². The third-order valence-corrected chi connectivity index (χ3v) is 6.51. The lowest BCUT2D eigenvalue weighted by molar-refractivity contribution is 0.0954. The van der Waals surface area contributed by atoms with Crippen molar-refractivity contribution >= 4 is 33.8 Å². The highest BCUT2D eigenvalue weighted by molar-refractivity contribution is 7.87. The molecule has 0 unspecified atom stereocenters. The quantitative estimate of drug-likeness (QED) is 0.141. The number of hydrogen-bond donors (Lipinski definition) is 1. The Bertz CT molecular complexity index is 1440. The van der Waals surface area contributed by atoms with Gasteiger partial charge in [-0.1, -0.05) is 42.0 Å². The first-order chi connectivity index (χ1) is 18.2. The average Bonchev–Trinajstić information content (AvgIpc) is 2.89. The number of hydrazone groups is 1. The average molecular weight is 559 g/mol. The van der Waals surface area contributed by atoms with Crippen molar-refractivity contribution in [3.05, 3.63) is 89.0 Å². The van der Waals surface area contributed by atoms with Gasteiger partial charge in [-0.15, -0.1) is 0 Å². The number of carbonyl (C=O) groups excluding carboxylic acids is 1. The zero-order valence-corrected chi connectivity index (χ0v) is 22.6. The molecule has 3 rings (SSSR count). The smallest absolute Gasteiger partial charge is 0.339 e. The summed E-state index contributed by atoms with van der Waals surface area (Å²) in [5.74, 6) is 0.310. The normalized spacial score (nSPS) is 11.2. The van der Waals surface area contributed by atoms with Gasteiger partial charge in [-0.05, 0) is 61.9 Å². The number of rotatable bonds is 12. The number of hydrogen-bond acceptors (Lipinski definition) is 8. The van der Waals surface area contributed by atoms with Crippen molar-refractivity contribution in [3.63, 3.8) is 0 Å². The summed E-state index contributed by atoms with van der Waals surface area (Å²) in [6.45, 7) is 7.69. The van der Waals surface area contributed by atoms with E-state index >= 15 is 0 Å². The lowest BCUT2D eigenvalue weighted by Gasteiger charge is -2.14. The van der Waals surface area contributed by atoms with E-state index in [9.17, 15) is 13.2 Å². The minimum atomic E-state index is -4.16. The summed E-state index contributed by atoms with van der Waals surface area (Å²) in [7, 11) is -2.69. The van der Waals surface area contributed by atoms with E-state index < -0.39 is 16.0 Å². The summed E-state index contributed by atoms with van der Waals surface area (Å²) in [6.07, 6.45) is 2.93. The van der Waals surface area contributed by atoms with E-state index in [0.29, 0.717) is 29.2 Å². The number of benzene rings is 3. The first kappa shape index (κ1) is 28.5. The summed E-state index contributed by atoms with van der Waals surface area (Å²) >= 11 is 6.36. The highest BCUT2D eigenvalue weighted by atomic mass is 35.5. The number of amides is 1. The number of aryl methyl sites for hydroxylation is 1. The first-order valence-electron chi connectivity index (χ1n) is 11.4. The summed E-state index contributed by atoms with van der Waals surface area (Å²) in [4.78, 5) is 12.5. The monoisotopic (exact) mass is 558 g/mol.